The molecule has 0 saturated carbocycles. The third-order valence-electron chi connectivity index (χ3n) is 7.76. The second-order valence-electron chi connectivity index (χ2n) is 12.4. The summed E-state index contributed by atoms with van der Waals surface area (Å²) in [5, 5.41) is 20.6. The highest BCUT2D eigenvalue weighted by molar-refractivity contribution is 5.74. The van der Waals surface area contributed by atoms with Gasteiger partial charge in [-0.15, -0.1) is 0 Å². The zero-order valence-corrected chi connectivity index (χ0v) is 28.8. The van der Waals surface area contributed by atoms with Gasteiger partial charge in [-0.1, -0.05) is 24.3 Å². The average molecular weight is 663 g/mol. The van der Waals surface area contributed by atoms with Crippen molar-refractivity contribution in [3.63, 3.8) is 0 Å². The molecule has 0 saturated heterocycles. The fraction of sp³-hybridized carbons (Fsp3) is 0.342. The van der Waals surface area contributed by atoms with Crippen molar-refractivity contribution in [3.05, 3.63) is 117 Å². The van der Waals surface area contributed by atoms with Gasteiger partial charge in [0, 0.05) is 76.4 Å². The summed E-state index contributed by atoms with van der Waals surface area (Å²) in [4.78, 5) is 18.8. The Kier molecular flexibility index (Phi) is 12.2. The summed E-state index contributed by atoms with van der Waals surface area (Å²) in [5.41, 5.74) is 14.6. The van der Waals surface area contributed by atoms with E-state index >= 15 is 0 Å². The summed E-state index contributed by atoms with van der Waals surface area (Å²) < 4.78 is 23.0. The molecule has 2 aromatic carbocycles. The van der Waals surface area contributed by atoms with E-state index in [1.165, 1.54) is 0 Å². The Morgan fingerprint density at radius 2 is 1.24 bits per heavy atom. The molecule has 2 aromatic heterocycles. The topological polar surface area (TPSA) is 165 Å². The Balaban J connectivity index is 0.000000184. The first-order chi connectivity index (χ1) is 23.4. The molecule has 4 heterocycles. The Morgan fingerprint density at radius 1 is 0.776 bits per heavy atom. The first kappa shape index (κ1) is 36.7. The largest absolute Gasteiger partial charge is 0.461 e. The molecule has 0 radical (unpaired) electrons. The van der Waals surface area contributed by atoms with E-state index in [2.05, 4.69) is 21.4 Å². The zero-order chi connectivity index (χ0) is 35.6. The number of fused-ring (bicyclic) bond motifs is 2. The lowest BCUT2D eigenvalue weighted by atomic mass is 10.1. The van der Waals surface area contributed by atoms with Gasteiger partial charge in [-0.2, -0.15) is 10.5 Å². The minimum absolute atomic E-state index is 0.461. The highest BCUT2D eigenvalue weighted by Crippen LogP contribution is 2.36. The quantitative estimate of drug-likeness (QED) is 0.231. The molecule has 0 aliphatic carbocycles. The molecule has 0 atom stereocenters. The van der Waals surface area contributed by atoms with Gasteiger partial charge in [0.05, 0.1) is 47.9 Å². The monoisotopic (exact) mass is 662 g/mol. The number of benzene rings is 2. The second kappa shape index (κ2) is 16.3. The van der Waals surface area contributed by atoms with Crippen molar-refractivity contribution in [2.45, 2.75) is 86.0 Å². The lowest BCUT2D eigenvalue weighted by Gasteiger charge is -2.34. The van der Waals surface area contributed by atoms with E-state index < -0.39 is 11.6 Å². The molecular formula is C38H42N6O5. The van der Waals surface area contributed by atoms with E-state index in [9.17, 15) is 4.79 Å². The van der Waals surface area contributed by atoms with Gasteiger partial charge >= 0.3 is 0 Å². The van der Waals surface area contributed by atoms with Gasteiger partial charge in [-0.3, -0.25) is 14.8 Å². The van der Waals surface area contributed by atoms with Crippen LogP contribution in [0.4, 0.5) is 0 Å². The Labute approximate surface area is 287 Å². The van der Waals surface area contributed by atoms with E-state index in [1.54, 1.807) is 30.5 Å². The molecule has 0 spiro atoms. The molecular weight excluding hydrogens is 620 g/mol. The molecule has 4 aromatic rings. The lowest BCUT2D eigenvalue weighted by Crippen LogP contribution is -2.36. The first-order valence-corrected chi connectivity index (χ1v) is 15.8. The number of hydrogen-bond acceptors (Lipinski definition) is 11. The third-order valence-corrected chi connectivity index (χ3v) is 7.76. The van der Waals surface area contributed by atoms with Crippen LogP contribution in [0.2, 0.25) is 0 Å². The minimum atomic E-state index is -0.617. The molecule has 6 rings (SSSR count). The number of nitrogens with one attached hydrogen (secondary N) is 1. The van der Waals surface area contributed by atoms with Crippen molar-refractivity contribution in [3.8, 4) is 23.6 Å². The maximum absolute atomic E-state index is 10.1. The van der Waals surface area contributed by atoms with Crippen molar-refractivity contribution < 1.29 is 23.7 Å². The standard InChI is InChI=1S/C19H21N3O2.C11H16N2O2.C8H5NO/c1-13-18-17(12-23-19(2,3)24-18)16(11-22-13)10-21-9-15-6-4-14(8-20)5-7-15;1-7-10-9(8(4-12)5-13-7)6-14-11(2,3)15-10;9-5-7-1-3-8(6-10)4-2-7/h4-7,11,21H,9-10,12H2,1-3H3;5H,4,6,12H2,1-3H3;1-4,6H. The number of aldehydes is 1. The van der Waals surface area contributed by atoms with E-state index in [4.69, 9.17) is 35.2 Å². The number of carbonyl (C=O) groups is 1. The summed E-state index contributed by atoms with van der Waals surface area (Å²) in [6.45, 7) is 14.4. The van der Waals surface area contributed by atoms with E-state index in [-0.39, 0.29) is 0 Å². The van der Waals surface area contributed by atoms with E-state index in [0.29, 0.717) is 43.0 Å². The molecule has 49 heavy (non-hydrogen) atoms. The van der Waals surface area contributed by atoms with E-state index in [0.717, 1.165) is 63.5 Å². The van der Waals surface area contributed by atoms with Gasteiger partial charge in [-0.25, -0.2) is 0 Å². The van der Waals surface area contributed by atoms with Crippen LogP contribution in [0, 0.1) is 36.5 Å². The van der Waals surface area contributed by atoms with Gasteiger partial charge in [0.2, 0.25) is 11.6 Å². The number of nitrogens with zero attached hydrogens (tertiary/aromatic N) is 4. The van der Waals surface area contributed by atoms with Crippen LogP contribution in [0.25, 0.3) is 0 Å². The number of aromatic nitrogens is 2. The van der Waals surface area contributed by atoms with Crippen LogP contribution in [0.15, 0.2) is 60.9 Å². The van der Waals surface area contributed by atoms with Gasteiger partial charge in [0.1, 0.15) is 17.8 Å². The zero-order valence-electron chi connectivity index (χ0n) is 28.8. The summed E-state index contributed by atoms with van der Waals surface area (Å²) >= 11 is 0. The van der Waals surface area contributed by atoms with Crippen molar-refractivity contribution in [1.29, 1.82) is 10.5 Å². The number of rotatable bonds is 6. The van der Waals surface area contributed by atoms with Gasteiger partial charge in [0.25, 0.3) is 0 Å². The number of aryl methyl sites for hydroxylation is 2. The minimum Gasteiger partial charge on any atom is -0.461 e. The number of hydrogen-bond donors (Lipinski definition) is 2. The van der Waals surface area contributed by atoms with Gasteiger partial charge in [-0.05, 0) is 54.8 Å². The van der Waals surface area contributed by atoms with Crippen LogP contribution in [0.5, 0.6) is 11.5 Å². The molecule has 11 heteroatoms. The molecule has 3 N–H and O–H groups in total. The van der Waals surface area contributed by atoms with Crippen molar-refractivity contribution in [2.75, 3.05) is 0 Å². The predicted octanol–water partition coefficient (Wildman–Crippen LogP) is 6.06. The maximum Gasteiger partial charge on any atom is 0.205 e. The van der Waals surface area contributed by atoms with E-state index in [1.807, 2.05) is 78.1 Å². The molecule has 0 fully saturated rings. The Bertz CT molecular complexity index is 1840. The van der Waals surface area contributed by atoms with Crippen molar-refractivity contribution in [1.82, 2.24) is 15.3 Å². The predicted molar refractivity (Wildman–Crippen MR) is 183 cm³/mol. The Hall–Kier alpha value is -5.17. The maximum atomic E-state index is 10.1. The smallest absolute Gasteiger partial charge is 0.205 e. The van der Waals surface area contributed by atoms with Gasteiger partial charge in [0.15, 0.2) is 0 Å². The number of nitriles is 2. The van der Waals surface area contributed by atoms with Crippen LogP contribution in [0.1, 0.15) is 88.4 Å². The molecule has 2 aliphatic rings. The SMILES string of the molecule is Cc1ncc(CN)c2c1OC(C)(C)OC2.Cc1ncc(CNCc2ccc(C#N)cc2)c2c1OC(C)(C)OC2.N#Cc1ccc(C=O)cc1. The molecule has 2 aliphatic heterocycles. The fourth-order valence-electron chi connectivity index (χ4n) is 4.98. The van der Waals surface area contributed by atoms with Crippen LogP contribution in [-0.4, -0.2) is 27.8 Å². The highest BCUT2D eigenvalue weighted by atomic mass is 16.7. The van der Waals surface area contributed by atoms with Crippen LogP contribution >= 0.6 is 0 Å². The summed E-state index contributed by atoms with van der Waals surface area (Å²) in [6.07, 6.45) is 4.42. The molecule has 0 bridgehead atoms. The average Bonchev–Trinajstić information content (AvgIpc) is 3.10. The number of ether oxygens (including phenoxy) is 4. The second-order valence-corrected chi connectivity index (χ2v) is 12.4. The summed E-state index contributed by atoms with van der Waals surface area (Å²) in [6, 6.07) is 18.1. The Morgan fingerprint density at radius 3 is 1.71 bits per heavy atom. The first-order valence-electron chi connectivity index (χ1n) is 15.8. The van der Waals surface area contributed by atoms with Gasteiger partial charge < -0.3 is 30.0 Å². The summed E-state index contributed by atoms with van der Waals surface area (Å²) in [7, 11) is 0. The highest BCUT2D eigenvalue weighted by Gasteiger charge is 2.31. The fourth-order valence-corrected chi connectivity index (χ4v) is 4.98. The lowest BCUT2D eigenvalue weighted by molar-refractivity contribution is -0.181. The van der Waals surface area contributed by atoms with Crippen LogP contribution < -0.4 is 20.5 Å². The van der Waals surface area contributed by atoms with Crippen molar-refractivity contribution >= 4 is 6.29 Å². The van der Waals surface area contributed by atoms with Crippen molar-refractivity contribution in [2.24, 2.45) is 5.73 Å². The molecule has 0 amide bonds. The number of pyridine rings is 2. The number of nitrogens with two attached hydrogens (primary N) is 1. The molecule has 0 unspecified atom stereocenters. The van der Waals surface area contributed by atoms with Crippen LogP contribution in [-0.2, 0) is 42.3 Å². The third kappa shape index (κ3) is 9.92. The molecule has 11 nitrogen and oxygen atoms in total. The normalized spacial score (nSPS) is 14.7. The number of carbonyl (C=O) groups excluding carboxylic acids is 1. The molecule has 254 valence electrons. The summed E-state index contributed by atoms with van der Waals surface area (Å²) in [5.74, 6) is 0.471. The van der Waals surface area contributed by atoms with Crippen LogP contribution in [0.3, 0.4) is 0 Å².